The van der Waals surface area contributed by atoms with Gasteiger partial charge in [-0.2, -0.15) is 5.10 Å². The zero-order valence-corrected chi connectivity index (χ0v) is 13.7. The Kier molecular flexibility index (Phi) is 4.55. The maximum atomic E-state index is 12.0. The highest BCUT2D eigenvalue weighted by atomic mass is 35.5. The van der Waals surface area contributed by atoms with Crippen LogP contribution < -0.4 is 11.2 Å². The maximum Gasteiger partial charge on any atom is 0.228 e. The first-order valence-electron chi connectivity index (χ1n) is 7.16. The van der Waals surface area contributed by atoms with Crippen molar-refractivity contribution >= 4 is 34.8 Å². The third-order valence-corrected chi connectivity index (χ3v) is 4.38. The number of halogens is 2. The lowest BCUT2D eigenvalue weighted by Crippen LogP contribution is -2.34. The molecule has 1 amide bonds. The first-order valence-corrected chi connectivity index (χ1v) is 7.91. The summed E-state index contributed by atoms with van der Waals surface area (Å²) in [6.07, 6.45) is 0.544. The maximum absolute atomic E-state index is 12.0. The summed E-state index contributed by atoms with van der Waals surface area (Å²) in [4.78, 5) is 12.0. The summed E-state index contributed by atoms with van der Waals surface area (Å²) in [5.74, 6) is -0.894. The van der Waals surface area contributed by atoms with Gasteiger partial charge in [-0.05, 0) is 35.4 Å². The molecule has 4 nitrogen and oxygen atoms in total. The second-order valence-corrected chi connectivity index (χ2v) is 6.32. The Morgan fingerprint density at radius 2 is 1.61 bits per heavy atom. The first-order chi connectivity index (χ1) is 11.0. The van der Waals surface area contributed by atoms with Crippen molar-refractivity contribution in [3.8, 4) is 0 Å². The lowest BCUT2D eigenvalue weighted by atomic mass is 9.87. The summed E-state index contributed by atoms with van der Waals surface area (Å²) in [5.41, 5.74) is 11.3. The highest BCUT2D eigenvalue weighted by Gasteiger charge is 2.36. The van der Waals surface area contributed by atoms with Gasteiger partial charge in [0, 0.05) is 16.5 Å². The molecular formula is C17H15Cl2N3O. The van der Waals surface area contributed by atoms with Gasteiger partial charge in [0.2, 0.25) is 5.91 Å². The molecule has 2 aromatic carbocycles. The molecule has 0 radical (unpaired) electrons. The quantitative estimate of drug-likeness (QED) is 0.890. The minimum atomic E-state index is -0.494. The van der Waals surface area contributed by atoms with E-state index in [1.165, 1.54) is 0 Å². The Morgan fingerprint density at radius 1 is 1.04 bits per heavy atom. The van der Waals surface area contributed by atoms with Gasteiger partial charge >= 0.3 is 0 Å². The lowest BCUT2D eigenvalue weighted by molar-refractivity contribution is -0.120. The molecule has 0 fully saturated rings. The van der Waals surface area contributed by atoms with Gasteiger partial charge in [0.15, 0.2) is 0 Å². The number of nitrogens with one attached hydrogen (secondary N) is 1. The summed E-state index contributed by atoms with van der Waals surface area (Å²) in [6.45, 7) is 0. The number of benzene rings is 2. The Labute approximate surface area is 144 Å². The van der Waals surface area contributed by atoms with Crippen LogP contribution in [0.3, 0.4) is 0 Å². The van der Waals surface area contributed by atoms with Crippen molar-refractivity contribution in [3.05, 3.63) is 69.7 Å². The third kappa shape index (κ3) is 3.49. The standard InChI is InChI=1S/C17H15Cl2N3O/c18-12-5-1-10(2-6-12)9-14-15(17(20)23)16(22-21-14)11-3-7-13(19)8-4-11/h1-8,15-16,22H,9H2,(H2,20,23). The van der Waals surface area contributed by atoms with Crippen molar-refractivity contribution in [2.45, 2.75) is 12.5 Å². The summed E-state index contributed by atoms with van der Waals surface area (Å²) in [6, 6.07) is 14.5. The minimum Gasteiger partial charge on any atom is -0.369 e. The molecule has 0 spiro atoms. The molecule has 1 heterocycles. The number of hydrogen-bond acceptors (Lipinski definition) is 3. The SMILES string of the molecule is NC(=O)C1C(Cc2ccc(Cl)cc2)=NNC1c1ccc(Cl)cc1. The van der Waals surface area contributed by atoms with Gasteiger partial charge < -0.3 is 11.2 Å². The van der Waals surface area contributed by atoms with Crippen LogP contribution in [0.4, 0.5) is 0 Å². The van der Waals surface area contributed by atoms with Crippen LogP contribution in [-0.4, -0.2) is 11.6 Å². The number of rotatable bonds is 4. The monoisotopic (exact) mass is 347 g/mol. The molecule has 0 saturated carbocycles. The predicted octanol–water partition coefficient (Wildman–Crippen LogP) is 3.34. The fourth-order valence-corrected chi connectivity index (χ4v) is 2.97. The van der Waals surface area contributed by atoms with E-state index in [1.807, 2.05) is 36.4 Å². The normalized spacial score (nSPS) is 20.0. The van der Waals surface area contributed by atoms with Gasteiger partial charge in [-0.1, -0.05) is 47.5 Å². The third-order valence-electron chi connectivity index (χ3n) is 3.87. The molecule has 6 heteroatoms. The van der Waals surface area contributed by atoms with E-state index in [1.54, 1.807) is 12.1 Å². The fraction of sp³-hybridized carbons (Fsp3) is 0.176. The predicted molar refractivity (Wildman–Crippen MR) is 92.6 cm³/mol. The Bertz CT molecular complexity index is 741. The van der Waals surface area contributed by atoms with E-state index < -0.39 is 11.8 Å². The molecule has 0 aliphatic carbocycles. The molecule has 2 aromatic rings. The smallest absolute Gasteiger partial charge is 0.228 e. The summed E-state index contributed by atoms with van der Waals surface area (Å²) in [7, 11) is 0. The fourth-order valence-electron chi connectivity index (χ4n) is 2.72. The molecule has 1 aliphatic rings. The van der Waals surface area contributed by atoms with Gasteiger partial charge in [0.25, 0.3) is 0 Å². The molecule has 3 rings (SSSR count). The number of hydrogen-bond donors (Lipinski definition) is 2. The molecule has 0 saturated heterocycles. The zero-order chi connectivity index (χ0) is 16.4. The highest BCUT2D eigenvalue weighted by Crippen LogP contribution is 2.30. The number of primary amides is 1. The van der Waals surface area contributed by atoms with Gasteiger partial charge in [-0.3, -0.25) is 4.79 Å². The Hall–Kier alpha value is -2.04. The molecule has 2 atom stereocenters. The summed E-state index contributed by atoms with van der Waals surface area (Å²) >= 11 is 11.8. The van der Waals surface area contributed by atoms with E-state index in [9.17, 15) is 4.79 Å². The summed E-state index contributed by atoms with van der Waals surface area (Å²) in [5, 5.41) is 5.65. The molecule has 118 valence electrons. The van der Waals surface area contributed by atoms with E-state index in [4.69, 9.17) is 28.9 Å². The van der Waals surface area contributed by atoms with Crippen molar-refractivity contribution < 1.29 is 4.79 Å². The van der Waals surface area contributed by atoms with E-state index in [0.717, 1.165) is 16.8 Å². The average molecular weight is 348 g/mol. The highest BCUT2D eigenvalue weighted by molar-refractivity contribution is 6.30. The van der Waals surface area contributed by atoms with Crippen LogP contribution in [0.25, 0.3) is 0 Å². The second-order valence-electron chi connectivity index (χ2n) is 5.44. The van der Waals surface area contributed by atoms with Gasteiger partial charge in [0.05, 0.1) is 11.8 Å². The zero-order valence-electron chi connectivity index (χ0n) is 12.2. The number of hydrazone groups is 1. The number of nitrogens with two attached hydrogens (primary N) is 1. The van der Waals surface area contributed by atoms with Crippen LogP contribution in [-0.2, 0) is 11.2 Å². The Balaban J connectivity index is 1.83. The van der Waals surface area contributed by atoms with Gasteiger partial charge in [0.1, 0.15) is 5.92 Å². The lowest BCUT2D eigenvalue weighted by Gasteiger charge is -2.18. The second kappa shape index (κ2) is 6.60. The van der Waals surface area contributed by atoms with Crippen LogP contribution in [0.15, 0.2) is 53.6 Å². The van der Waals surface area contributed by atoms with E-state index in [0.29, 0.717) is 16.5 Å². The van der Waals surface area contributed by atoms with Crippen LogP contribution in [0.5, 0.6) is 0 Å². The molecular weight excluding hydrogens is 333 g/mol. The van der Waals surface area contributed by atoms with Crippen molar-refractivity contribution in [1.82, 2.24) is 5.43 Å². The van der Waals surface area contributed by atoms with Gasteiger partial charge in [-0.15, -0.1) is 0 Å². The topological polar surface area (TPSA) is 67.5 Å². The first kappa shape index (κ1) is 15.8. The summed E-state index contributed by atoms with van der Waals surface area (Å²) < 4.78 is 0. The van der Waals surface area contributed by atoms with Crippen LogP contribution in [0.1, 0.15) is 17.2 Å². The van der Waals surface area contributed by atoms with E-state index in [-0.39, 0.29) is 6.04 Å². The van der Waals surface area contributed by atoms with Crippen LogP contribution >= 0.6 is 23.2 Å². The number of nitrogens with zero attached hydrogens (tertiary/aromatic N) is 1. The van der Waals surface area contributed by atoms with Crippen molar-refractivity contribution in [2.24, 2.45) is 16.8 Å². The molecule has 2 unspecified atom stereocenters. The largest absolute Gasteiger partial charge is 0.369 e. The molecule has 0 aromatic heterocycles. The van der Waals surface area contributed by atoms with E-state index >= 15 is 0 Å². The van der Waals surface area contributed by atoms with Crippen LogP contribution in [0.2, 0.25) is 10.0 Å². The molecule has 23 heavy (non-hydrogen) atoms. The van der Waals surface area contributed by atoms with Crippen molar-refractivity contribution in [3.63, 3.8) is 0 Å². The van der Waals surface area contributed by atoms with Crippen molar-refractivity contribution in [1.29, 1.82) is 0 Å². The minimum absolute atomic E-state index is 0.271. The molecule has 0 bridgehead atoms. The molecule has 1 aliphatic heterocycles. The van der Waals surface area contributed by atoms with Gasteiger partial charge in [-0.25, -0.2) is 0 Å². The van der Waals surface area contributed by atoms with Crippen molar-refractivity contribution in [2.75, 3.05) is 0 Å². The van der Waals surface area contributed by atoms with Crippen LogP contribution in [0, 0.1) is 5.92 Å². The number of carbonyl (C=O) groups excluding carboxylic acids is 1. The Morgan fingerprint density at radius 3 is 2.17 bits per heavy atom. The average Bonchev–Trinajstić information content (AvgIpc) is 2.94. The number of carbonyl (C=O) groups is 1. The molecule has 3 N–H and O–H groups in total. The number of amides is 1. The van der Waals surface area contributed by atoms with E-state index in [2.05, 4.69) is 10.5 Å².